The van der Waals surface area contributed by atoms with Crippen molar-refractivity contribution in [2.24, 2.45) is 11.4 Å². The standard InChI is InChI=1S/C14H16N6O4S/c1-8-5-13(17-24-8)15-14(21)12-6-11(18-25(22,23)20(12)4)10-7-19(3)16-9(10)2/h5-7H,1-4H3,(H,15,17,21). The third kappa shape index (κ3) is 3.18. The Morgan fingerprint density at radius 3 is 2.56 bits per heavy atom. The quantitative estimate of drug-likeness (QED) is 0.847. The Balaban J connectivity index is 2.00. The van der Waals surface area contributed by atoms with Crippen molar-refractivity contribution in [3.05, 3.63) is 41.1 Å². The van der Waals surface area contributed by atoms with E-state index in [0.717, 1.165) is 4.31 Å². The van der Waals surface area contributed by atoms with E-state index in [9.17, 15) is 13.2 Å². The molecule has 1 amide bonds. The molecule has 25 heavy (non-hydrogen) atoms. The van der Waals surface area contributed by atoms with E-state index < -0.39 is 16.1 Å². The van der Waals surface area contributed by atoms with E-state index in [4.69, 9.17) is 4.52 Å². The van der Waals surface area contributed by atoms with Crippen LogP contribution in [0.1, 0.15) is 17.0 Å². The first-order valence-electron chi connectivity index (χ1n) is 7.23. The minimum Gasteiger partial charge on any atom is -0.360 e. The summed E-state index contributed by atoms with van der Waals surface area (Å²) in [6.45, 7) is 3.41. The third-order valence-corrected chi connectivity index (χ3v) is 4.88. The lowest BCUT2D eigenvalue weighted by molar-refractivity contribution is -0.113. The number of likely N-dealkylation sites (N-methyl/N-ethyl adjacent to an activating group) is 1. The molecule has 2 aromatic rings. The molecule has 0 unspecified atom stereocenters. The normalized spacial score (nSPS) is 16.4. The molecule has 0 spiro atoms. The molecule has 0 fully saturated rings. The summed E-state index contributed by atoms with van der Waals surface area (Å²) in [6, 6.07) is 1.52. The highest BCUT2D eigenvalue weighted by molar-refractivity contribution is 7.88. The number of rotatable bonds is 3. The van der Waals surface area contributed by atoms with Crippen LogP contribution < -0.4 is 5.32 Å². The average Bonchev–Trinajstić information content (AvgIpc) is 3.06. The summed E-state index contributed by atoms with van der Waals surface area (Å²) in [6.07, 6.45) is 3.04. The average molecular weight is 364 g/mol. The number of hydrogen-bond donors (Lipinski definition) is 1. The number of anilines is 1. The Morgan fingerprint density at radius 2 is 2.00 bits per heavy atom. The molecule has 0 saturated heterocycles. The van der Waals surface area contributed by atoms with Gasteiger partial charge >= 0.3 is 10.2 Å². The van der Waals surface area contributed by atoms with Gasteiger partial charge in [0.1, 0.15) is 11.5 Å². The highest BCUT2D eigenvalue weighted by Gasteiger charge is 2.31. The topological polar surface area (TPSA) is 123 Å². The van der Waals surface area contributed by atoms with E-state index in [0.29, 0.717) is 17.0 Å². The van der Waals surface area contributed by atoms with Crippen LogP contribution in [-0.4, -0.2) is 46.3 Å². The largest absolute Gasteiger partial charge is 0.360 e. The van der Waals surface area contributed by atoms with Gasteiger partial charge in [-0.2, -0.15) is 13.5 Å². The van der Waals surface area contributed by atoms with E-state index in [1.165, 1.54) is 19.2 Å². The molecule has 3 rings (SSSR count). The van der Waals surface area contributed by atoms with Crippen molar-refractivity contribution in [3.63, 3.8) is 0 Å². The van der Waals surface area contributed by atoms with Gasteiger partial charge < -0.3 is 9.84 Å². The molecule has 132 valence electrons. The summed E-state index contributed by atoms with van der Waals surface area (Å²) in [5.74, 6) is 0.0614. The fourth-order valence-electron chi connectivity index (χ4n) is 2.35. The van der Waals surface area contributed by atoms with E-state index in [-0.39, 0.29) is 17.2 Å². The summed E-state index contributed by atoms with van der Waals surface area (Å²) in [5.41, 5.74) is 1.19. The molecule has 1 aliphatic rings. The number of aryl methyl sites for hydroxylation is 3. The number of amides is 1. The first kappa shape index (κ1) is 16.9. The first-order valence-corrected chi connectivity index (χ1v) is 8.63. The second kappa shape index (κ2) is 5.84. The van der Waals surface area contributed by atoms with E-state index in [2.05, 4.69) is 20.0 Å². The smallest absolute Gasteiger partial charge is 0.345 e. The van der Waals surface area contributed by atoms with Crippen molar-refractivity contribution < 1.29 is 17.7 Å². The van der Waals surface area contributed by atoms with Gasteiger partial charge in [-0.25, -0.2) is 4.31 Å². The van der Waals surface area contributed by atoms with Gasteiger partial charge in [-0.3, -0.25) is 9.48 Å². The SMILES string of the molecule is Cc1cc(NC(=O)C2=CC(c3cn(C)nc3C)=NS(=O)(=O)N2C)no1. The number of allylic oxidation sites excluding steroid dienone is 1. The van der Waals surface area contributed by atoms with E-state index in [1.807, 2.05) is 0 Å². The highest BCUT2D eigenvalue weighted by Crippen LogP contribution is 2.22. The first-order chi connectivity index (χ1) is 11.7. The zero-order chi connectivity index (χ0) is 18.4. The highest BCUT2D eigenvalue weighted by atomic mass is 32.2. The van der Waals surface area contributed by atoms with Gasteiger partial charge in [-0.15, -0.1) is 4.40 Å². The summed E-state index contributed by atoms with van der Waals surface area (Å²) < 4.78 is 35.6. The van der Waals surface area contributed by atoms with Crippen LogP contribution in [-0.2, 0) is 22.1 Å². The molecule has 2 aromatic heterocycles. The maximum Gasteiger partial charge on any atom is 0.345 e. The molecule has 3 heterocycles. The number of nitrogens with one attached hydrogen (secondary N) is 1. The number of aromatic nitrogens is 3. The summed E-state index contributed by atoms with van der Waals surface area (Å²) in [5, 5.41) is 10.3. The second-order valence-electron chi connectivity index (χ2n) is 5.53. The van der Waals surface area contributed by atoms with Crippen LogP contribution in [0.4, 0.5) is 5.82 Å². The fourth-order valence-corrected chi connectivity index (χ4v) is 3.26. The predicted molar refractivity (Wildman–Crippen MR) is 89.1 cm³/mol. The Morgan fingerprint density at radius 1 is 1.28 bits per heavy atom. The number of carbonyl (C=O) groups excluding carboxylic acids is 1. The molecule has 1 N–H and O–H groups in total. The van der Waals surface area contributed by atoms with Gasteiger partial charge in [0, 0.05) is 31.9 Å². The maximum atomic E-state index is 12.5. The van der Waals surface area contributed by atoms with E-state index in [1.54, 1.807) is 31.8 Å². The van der Waals surface area contributed by atoms with Crippen molar-refractivity contribution in [2.45, 2.75) is 13.8 Å². The van der Waals surface area contributed by atoms with Crippen LogP contribution in [0.25, 0.3) is 0 Å². The van der Waals surface area contributed by atoms with Crippen LogP contribution in [0, 0.1) is 13.8 Å². The van der Waals surface area contributed by atoms with Crippen LogP contribution in [0.5, 0.6) is 0 Å². The molecular weight excluding hydrogens is 348 g/mol. The van der Waals surface area contributed by atoms with Crippen LogP contribution in [0.15, 0.2) is 33.0 Å². The summed E-state index contributed by atoms with van der Waals surface area (Å²) in [7, 11) is -1.07. The molecule has 0 aliphatic carbocycles. The van der Waals surface area contributed by atoms with Gasteiger partial charge in [0.25, 0.3) is 5.91 Å². The molecule has 0 bridgehead atoms. The second-order valence-corrected chi connectivity index (χ2v) is 7.16. The van der Waals surface area contributed by atoms with Gasteiger partial charge in [-0.05, 0) is 19.9 Å². The zero-order valence-corrected chi connectivity index (χ0v) is 14.8. The summed E-state index contributed by atoms with van der Waals surface area (Å²) >= 11 is 0. The molecule has 1 aliphatic heterocycles. The van der Waals surface area contributed by atoms with Crippen molar-refractivity contribution >= 4 is 27.6 Å². The lowest BCUT2D eigenvalue weighted by atomic mass is 10.1. The summed E-state index contributed by atoms with van der Waals surface area (Å²) in [4.78, 5) is 12.5. The molecule has 0 atom stereocenters. The predicted octanol–water partition coefficient (Wildman–Crippen LogP) is 0.527. The number of nitrogens with zero attached hydrogens (tertiary/aromatic N) is 5. The third-order valence-electron chi connectivity index (χ3n) is 3.56. The molecular formula is C14H16N6O4S. The van der Waals surface area contributed by atoms with Gasteiger partial charge in [0.15, 0.2) is 5.82 Å². The van der Waals surface area contributed by atoms with Gasteiger partial charge in [0.2, 0.25) is 0 Å². The lowest BCUT2D eigenvalue weighted by Crippen LogP contribution is -2.35. The Hall–Kier alpha value is -2.95. The monoisotopic (exact) mass is 364 g/mol. The Labute approximate surface area is 144 Å². The Kier molecular flexibility index (Phi) is 3.95. The van der Waals surface area contributed by atoms with Gasteiger partial charge in [-0.1, -0.05) is 5.16 Å². The zero-order valence-electron chi connectivity index (χ0n) is 14.0. The number of carbonyl (C=O) groups is 1. The van der Waals surface area contributed by atoms with Crippen molar-refractivity contribution in [3.8, 4) is 0 Å². The molecule has 0 saturated carbocycles. The Bertz CT molecular complexity index is 1010. The van der Waals surface area contributed by atoms with Gasteiger partial charge in [0.05, 0.1) is 11.4 Å². The van der Waals surface area contributed by atoms with Crippen LogP contribution in [0.2, 0.25) is 0 Å². The fraction of sp³-hybridized carbons (Fsp3) is 0.286. The molecule has 0 aromatic carbocycles. The molecule has 10 nitrogen and oxygen atoms in total. The minimum atomic E-state index is -4.04. The lowest BCUT2D eigenvalue weighted by Gasteiger charge is -2.23. The minimum absolute atomic E-state index is 0.0890. The van der Waals surface area contributed by atoms with Crippen LogP contribution in [0.3, 0.4) is 0 Å². The maximum absolute atomic E-state index is 12.5. The molecule has 11 heteroatoms. The van der Waals surface area contributed by atoms with Crippen molar-refractivity contribution in [1.29, 1.82) is 0 Å². The van der Waals surface area contributed by atoms with Crippen LogP contribution >= 0.6 is 0 Å². The molecule has 0 radical (unpaired) electrons. The van der Waals surface area contributed by atoms with Crippen molar-refractivity contribution in [2.75, 3.05) is 12.4 Å². The van der Waals surface area contributed by atoms with Crippen molar-refractivity contribution in [1.82, 2.24) is 19.2 Å². The number of hydrogen-bond acceptors (Lipinski definition) is 6. The van der Waals surface area contributed by atoms with E-state index >= 15 is 0 Å².